The number of Topliss-reactive ketones (excluding diaryl/α,β-unsaturated/α-hetero) is 1. The van der Waals surface area contributed by atoms with Gasteiger partial charge in [0.15, 0.2) is 5.78 Å². The average Bonchev–Trinajstić information content (AvgIpc) is 3.25. The van der Waals surface area contributed by atoms with Crippen molar-refractivity contribution in [1.82, 2.24) is 14.2 Å². The van der Waals surface area contributed by atoms with E-state index in [4.69, 9.17) is 0 Å². The highest BCUT2D eigenvalue weighted by Gasteiger charge is 2.26. The Morgan fingerprint density at radius 3 is 2.24 bits per heavy atom. The van der Waals surface area contributed by atoms with Crippen molar-refractivity contribution in [1.29, 1.82) is 0 Å². The lowest BCUT2D eigenvalue weighted by Gasteiger charge is -2.30. The fourth-order valence-electron chi connectivity index (χ4n) is 5.98. The molecule has 2 heterocycles. The monoisotopic (exact) mass is 657 g/mol. The SMILES string of the molecule is Cc1cc(C)cc(C(=O)/C=c2/s/c(=C/c3ccccc3-c3ccc(C)cc3C)c(=O)n2CC(=O)NC2CCN(S(C)(=O)=O)CC2)c1. The number of carbonyl (C=O) groups excluding carboxylic acids is 2. The minimum atomic E-state index is -3.29. The number of nitrogens with one attached hydrogen (secondary N) is 1. The topological polar surface area (TPSA) is 106 Å². The van der Waals surface area contributed by atoms with E-state index in [-0.39, 0.29) is 29.8 Å². The number of aromatic nitrogens is 1. The number of thiazole rings is 1. The Hall–Kier alpha value is -4.12. The third-order valence-corrected chi connectivity index (χ3v) is 10.6. The smallest absolute Gasteiger partial charge is 0.269 e. The van der Waals surface area contributed by atoms with E-state index in [1.165, 1.54) is 32.5 Å². The Morgan fingerprint density at radius 2 is 1.59 bits per heavy atom. The molecule has 240 valence electrons. The molecule has 1 saturated heterocycles. The summed E-state index contributed by atoms with van der Waals surface area (Å²) < 4.78 is 27.3. The van der Waals surface area contributed by atoms with Gasteiger partial charge in [0, 0.05) is 30.8 Å². The standard InChI is InChI=1S/C36H39N3O5S2/c1-23-10-11-30(26(4)17-23)31-9-7-6-8-27(31)20-33-36(42)39(22-34(41)37-29-12-14-38(15-13-29)46(5,43)44)35(45-33)21-32(40)28-18-24(2)16-25(3)19-28/h6-11,16-21,29H,12-15,22H2,1-5H3,(H,37,41)/b33-20+,35-21+. The fourth-order valence-corrected chi connectivity index (χ4v) is 7.89. The summed E-state index contributed by atoms with van der Waals surface area (Å²) >= 11 is 1.18. The first-order valence-electron chi connectivity index (χ1n) is 15.3. The number of hydrogen-bond donors (Lipinski definition) is 1. The highest BCUT2D eigenvalue weighted by Crippen LogP contribution is 2.28. The van der Waals surface area contributed by atoms with Crippen LogP contribution in [0.5, 0.6) is 0 Å². The van der Waals surface area contributed by atoms with E-state index in [0.717, 1.165) is 38.9 Å². The maximum Gasteiger partial charge on any atom is 0.269 e. The van der Waals surface area contributed by atoms with Crippen LogP contribution in [0.2, 0.25) is 0 Å². The predicted molar refractivity (Wildman–Crippen MR) is 185 cm³/mol. The van der Waals surface area contributed by atoms with Crippen LogP contribution in [-0.2, 0) is 21.4 Å². The maximum atomic E-state index is 13.9. The first-order valence-corrected chi connectivity index (χ1v) is 17.9. The zero-order valence-corrected chi connectivity index (χ0v) is 28.4. The molecule has 3 aromatic carbocycles. The third kappa shape index (κ3) is 7.81. The molecule has 0 aliphatic carbocycles. The minimum Gasteiger partial charge on any atom is -0.352 e. The van der Waals surface area contributed by atoms with Gasteiger partial charge < -0.3 is 5.32 Å². The van der Waals surface area contributed by atoms with Crippen molar-refractivity contribution in [3.05, 3.63) is 114 Å². The number of sulfonamides is 1. The van der Waals surface area contributed by atoms with Crippen LogP contribution >= 0.6 is 11.3 Å². The average molecular weight is 658 g/mol. The first kappa shape index (κ1) is 33.2. The molecule has 1 aliphatic rings. The second-order valence-electron chi connectivity index (χ2n) is 12.1. The van der Waals surface area contributed by atoms with Crippen LogP contribution in [-0.4, -0.2) is 54.4 Å². The summed E-state index contributed by atoms with van der Waals surface area (Å²) in [6, 6.07) is 19.5. The van der Waals surface area contributed by atoms with Crippen molar-refractivity contribution in [2.24, 2.45) is 0 Å². The molecule has 1 aromatic heterocycles. The lowest BCUT2D eigenvalue weighted by atomic mass is 9.95. The fraction of sp³-hybridized carbons (Fsp3) is 0.306. The highest BCUT2D eigenvalue weighted by molar-refractivity contribution is 7.88. The molecule has 1 amide bonds. The van der Waals surface area contributed by atoms with Gasteiger partial charge in [-0.25, -0.2) is 12.7 Å². The van der Waals surface area contributed by atoms with Crippen molar-refractivity contribution < 1.29 is 18.0 Å². The molecule has 10 heteroatoms. The molecule has 8 nitrogen and oxygen atoms in total. The van der Waals surface area contributed by atoms with E-state index in [0.29, 0.717) is 40.7 Å². The quantitative estimate of drug-likeness (QED) is 0.290. The van der Waals surface area contributed by atoms with Gasteiger partial charge in [0.1, 0.15) is 11.2 Å². The highest BCUT2D eigenvalue weighted by atomic mass is 32.2. The summed E-state index contributed by atoms with van der Waals surface area (Å²) in [7, 11) is -3.29. The molecule has 0 spiro atoms. The lowest BCUT2D eigenvalue weighted by Crippen LogP contribution is -2.48. The molecule has 0 bridgehead atoms. The number of nitrogens with zero attached hydrogens (tertiary/aromatic N) is 2. The second-order valence-corrected chi connectivity index (χ2v) is 15.2. The van der Waals surface area contributed by atoms with Gasteiger partial charge in [-0.2, -0.15) is 0 Å². The molecule has 1 N–H and O–H groups in total. The predicted octanol–water partition coefficient (Wildman–Crippen LogP) is 3.84. The van der Waals surface area contributed by atoms with E-state index in [1.807, 2.05) is 62.4 Å². The Bertz CT molecular complexity index is 2080. The second kappa shape index (κ2) is 13.7. The van der Waals surface area contributed by atoms with Crippen molar-refractivity contribution in [2.75, 3.05) is 19.3 Å². The van der Waals surface area contributed by atoms with Crippen LogP contribution in [0.3, 0.4) is 0 Å². The zero-order valence-electron chi connectivity index (χ0n) is 26.8. The molecule has 4 aromatic rings. The van der Waals surface area contributed by atoms with Gasteiger partial charge in [0.05, 0.1) is 10.8 Å². The molecule has 0 radical (unpaired) electrons. The molecule has 0 unspecified atom stereocenters. The van der Waals surface area contributed by atoms with Crippen LogP contribution in [0.1, 0.15) is 51.0 Å². The number of piperidine rings is 1. The van der Waals surface area contributed by atoms with E-state index >= 15 is 0 Å². The van der Waals surface area contributed by atoms with Crippen LogP contribution in [0.25, 0.3) is 23.3 Å². The summed E-state index contributed by atoms with van der Waals surface area (Å²) in [6.45, 7) is 8.35. The molecular formula is C36H39N3O5S2. The number of carbonyl (C=O) groups is 2. The Kier molecular flexibility index (Phi) is 9.91. The molecular weight excluding hydrogens is 619 g/mol. The van der Waals surface area contributed by atoms with Gasteiger partial charge in [0.2, 0.25) is 15.9 Å². The normalized spacial score (nSPS) is 15.3. The summed E-state index contributed by atoms with van der Waals surface area (Å²) in [5, 5.41) is 2.97. The summed E-state index contributed by atoms with van der Waals surface area (Å²) in [6.07, 6.45) is 5.41. The van der Waals surface area contributed by atoms with Crippen molar-refractivity contribution in [3.63, 3.8) is 0 Å². The van der Waals surface area contributed by atoms with Gasteiger partial charge in [0.25, 0.3) is 5.56 Å². The largest absolute Gasteiger partial charge is 0.352 e. The zero-order chi connectivity index (χ0) is 33.2. The van der Waals surface area contributed by atoms with Crippen LogP contribution in [0.4, 0.5) is 0 Å². The van der Waals surface area contributed by atoms with Gasteiger partial charge in [-0.3, -0.25) is 19.0 Å². The number of amides is 1. The number of rotatable bonds is 8. The number of hydrogen-bond acceptors (Lipinski definition) is 6. The van der Waals surface area contributed by atoms with Gasteiger partial charge >= 0.3 is 0 Å². The van der Waals surface area contributed by atoms with Gasteiger partial charge in [-0.15, -0.1) is 11.3 Å². The molecule has 1 aliphatic heterocycles. The van der Waals surface area contributed by atoms with E-state index in [1.54, 1.807) is 0 Å². The Morgan fingerprint density at radius 1 is 0.913 bits per heavy atom. The molecule has 5 rings (SSSR count). The van der Waals surface area contributed by atoms with Crippen molar-refractivity contribution in [3.8, 4) is 11.1 Å². The first-order chi connectivity index (χ1) is 21.8. The number of ketones is 1. The number of benzene rings is 3. The lowest BCUT2D eigenvalue weighted by molar-refractivity contribution is -0.122. The number of aryl methyl sites for hydroxylation is 4. The van der Waals surface area contributed by atoms with E-state index in [9.17, 15) is 22.8 Å². The Labute approximate surface area is 273 Å². The van der Waals surface area contributed by atoms with Crippen molar-refractivity contribution >= 4 is 45.2 Å². The van der Waals surface area contributed by atoms with E-state index < -0.39 is 10.0 Å². The molecule has 1 fully saturated rings. The van der Waals surface area contributed by atoms with Crippen LogP contribution < -0.4 is 20.1 Å². The minimum absolute atomic E-state index is 0.208. The maximum absolute atomic E-state index is 13.9. The van der Waals surface area contributed by atoms with Crippen LogP contribution in [0, 0.1) is 27.7 Å². The van der Waals surface area contributed by atoms with E-state index in [2.05, 4.69) is 37.4 Å². The van der Waals surface area contributed by atoms with Gasteiger partial charge in [-0.1, -0.05) is 65.2 Å². The summed E-state index contributed by atoms with van der Waals surface area (Å²) in [4.78, 5) is 40.6. The molecule has 0 atom stereocenters. The Balaban J connectivity index is 1.54. The van der Waals surface area contributed by atoms with Crippen molar-refractivity contribution in [2.45, 2.75) is 53.1 Å². The molecule has 0 saturated carbocycles. The summed E-state index contributed by atoms with van der Waals surface area (Å²) in [5.74, 6) is -0.619. The molecule has 46 heavy (non-hydrogen) atoms. The summed E-state index contributed by atoms with van der Waals surface area (Å²) in [5.41, 5.74) is 7.25. The van der Waals surface area contributed by atoms with Crippen LogP contribution in [0.15, 0.2) is 65.5 Å². The van der Waals surface area contributed by atoms with Gasteiger partial charge in [-0.05, 0) is 81.0 Å². The third-order valence-electron chi connectivity index (χ3n) is 8.21.